The Hall–Kier alpha value is -4.02. The highest BCUT2D eigenvalue weighted by atomic mass is 16.2. The van der Waals surface area contributed by atoms with E-state index in [9.17, 15) is 19.2 Å². The molecule has 3 heterocycles. The molecule has 2 aromatic heterocycles. The smallest absolute Gasteiger partial charge is 0.323 e. The Morgan fingerprint density at radius 3 is 2.76 bits per heavy atom. The van der Waals surface area contributed by atoms with E-state index in [2.05, 4.69) is 32.6 Å². The highest BCUT2D eigenvalue weighted by Gasteiger charge is 2.52. The van der Waals surface area contributed by atoms with E-state index < -0.39 is 24.0 Å². The zero-order valence-electron chi connectivity index (χ0n) is 18.0. The Bertz CT molecular complexity index is 1320. The van der Waals surface area contributed by atoms with Gasteiger partial charge in [0, 0.05) is 0 Å². The molecule has 1 saturated carbocycles. The number of aromatic amines is 1. The molecule has 1 aromatic carbocycles. The topological polar surface area (TPSA) is 142 Å². The van der Waals surface area contributed by atoms with Gasteiger partial charge in [-0.2, -0.15) is 5.10 Å². The maximum absolute atomic E-state index is 13.0. The number of benzene rings is 1. The van der Waals surface area contributed by atoms with E-state index >= 15 is 0 Å². The average molecular weight is 449 g/mol. The van der Waals surface area contributed by atoms with Gasteiger partial charge < -0.3 is 15.6 Å². The van der Waals surface area contributed by atoms with Gasteiger partial charge in [0.1, 0.15) is 17.5 Å². The minimum Gasteiger partial charge on any atom is -0.323 e. The molecule has 11 heteroatoms. The Morgan fingerprint density at radius 2 is 1.97 bits per heavy atom. The molecule has 3 aromatic rings. The summed E-state index contributed by atoms with van der Waals surface area (Å²) in [5.41, 5.74) is 0.0196. The molecule has 1 spiro atoms. The first-order valence-electron chi connectivity index (χ1n) is 10.8. The van der Waals surface area contributed by atoms with Crippen molar-refractivity contribution in [3.63, 3.8) is 0 Å². The van der Waals surface area contributed by atoms with Crippen molar-refractivity contribution < 1.29 is 14.4 Å². The zero-order chi connectivity index (χ0) is 23.2. The third-order valence-electron chi connectivity index (χ3n) is 6.45. The van der Waals surface area contributed by atoms with Crippen LogP contribution in [0, 0.1) is 5.92 Å². The lowest BCUT2D eigenvalue weighted by Crippen LogP contribution is -2.49. The summed E-state index contributed by atoms with van der Waals surface area (Å²) in [6, 6.07) is 6.34. The first kappa shape index (κ1) is 20.9. The standard InChI is InChI=1S/C22H23N7O4/c1-13-6-8-22(9-7-13)20(32)28(21(33)27-22)11-17(30)26-15-4-2-3-5-16(15)29-18-14(10-25-29)19(31)24-12-23-18/h2-5,10,12-13H,6-9,11H2,1H3,(H,26,30)(H,27,33)(H,23,24,31). The third-order valence-corrected chi connectivity index (χ3v) is 6.45. The van der Waals surface area contributed by atoms with Gasteiger partial charge in [-0.05, 0) is 43.7 Å². The van der Waals surface area contributed by atoms with Gasteiger partial charge in [-0.25, -0.2) is 14.5 Å². The molecular weight excluding hydrogens is 426 g/mol. The van der Waals surface area contributed by atoms with Crippen LogP contribution in [0.4, 0.5) is 10.5 Å². The van der Waals surface area contributed by atoms with Crippen molar-refractivity contribution in [3.05, 3.63) is 47.1 Å². The molecule has 5 rings (SSSR count). The van der Waals surface area contributed by atoms with Crippen LogP contribution in [0.1, 0.15) is 32.6 Å². The quantitative estimate of drug-likeness (QED) is 0.516. The summed E-state index contributed by atoms with van der Waals surface area (Å²) in [7, 11) is 0. The fourth-order valence-electron chi connectivity index (χ4n) is 4.54. The fraction of sp³-hybridized carbons (Fsp3) is 0.364. The van der Waals surface area contributed by atoms with Crippen LogP contribution in [0.5, 0.6) is 0 Å². The van der Waals surface area contributed by atoms with Gasteiger partial charge in [0.25, 0.3) is 11.5 Å². The van der Waals surface area contributed by atoms with Gasteiger partial charge in [-0.3, -0.25) is 19.3 Å². The second kappa shape index (κ2) is 7.84. The van der Waals surface area contributed by atoms with Gasteiger partial charge >= 0.3 is 6.03 Å². The van der Waals surface area contributed by atoms with Gasteiger partial charge in [0.05, 0.1) is 23.9 Å². The lowest BCUT2D eigenvalue weighted by atomic mass is 9.77. The number of fused-ring (bicyclic) bond motifs is 1. The number of amides is 4. The molecule has 2 aliphatic rings. The number of hydrogen-bond donors (Lipinski definition) is 3. The SMILES string of the molecule is CC1CCC2(CC1)NC(=O)N(CC(=O)Nc1ccccc1-n1ncc3c(=O)[nH]cnc31)C2=O. The Balaban J connectivity index is 1.36. The molecule has 11 nitrogen and oxygen atoms in total. The van der Waals surface area contributed by atoms with Crippen LogP contribution in [-0.2, 0) is 9.59 Å². The van der Waals surface area contributed by atoms with Crippen LogP contribution in [0.15, 0.2) is 41.6 Å². The maximum Gasteiger partial charge on any atom is 0.325 e. The van der Waals surface area contributed by atoms with E-state index in [1.54, 1.807) is 24.3 Å². The summed E-state index contributed by atoms with van der Waals surface area (Å²) in [6.07, 6.45) is 5.56. The molecule has 1 aliphatic heterocycles. The average Bonchev–Trinajstić information content (AvgIpc) is 3.32. The number of carbonyl (C=O) groups excluding carboxylic acids is 3. The van der Waals surface area contributed by atoms with Crippen molar-refractivity contribution in [3.8, 4) is 5.69 Å². The van der Waals surface area contributed by atoms with Crippen LogP contribution in [0.2, 0.25) is 0 Å². The Kier molecular flexibility index (Phi) is 4.95. The molecule has 0 atom stereocenters. The highest BCUT2D eigenvalue weighted by molar-refractivity contribution is 6.10. The molecule has 3 N–H and O–H groups in total. The number of aromatic nitrogens is 4. The van der Waals surface area contributed by atoms with Gasteiger partial charge in [-0.15, -0.1) is 0 Å². The second-order valence-corrected chi connectivity index (χ2v) is 8.68. The van der Waals surface area contributed by atoms with Crippen molar-refractivity contribution in [2.75, 3.05) is 11.9 Å². The van der Waals surface area contributed by atoms with Crippen LogP contribution in [0.25, 0.3) is 16.7 Å². The molecule has 0 bridgehead atoms. The Morgan fingerprint density at radius 1 is 1.21 bits per heavy atom. The summed E-state index contributed by atoms with van der Waals surface area (Å²) in [4.78, 5) is 58.0. The largest absolute Gasteiger partial charge is 0.325 e. The highest BCUT2D eigenvalue weighted by Crippen LogP contribution is 2.36. The van der Waals surface area contributed by atoms with Crippen molar-refractivity contribution in [2.24, 2.45) is 5.92 Å². The van der Waals surface area contributed by atoms with E-state index in [1.807, 2.05) is 0 Å². The molecule has 0 unspecified atom stereocenters. The summed E-state index contributed by atoms with van der Waals surface area (Å²) in [5, 5.41) is 10.1. The van der Waals surface area contributed by atoms with Crippen LogP contribution in [-0.4, -0.2) is 54.6 Å². The minimum absolute atomic E-state index is 0.310. The third kappa shape index (κ3) is 3.55. The second-order valence-electron chi connectivity index (χ2n) is 8.68. The number of para-hydroxylation sites is 2. The number of carbonyl (C=O) groups is 3. The van der Waals surface area contributed by atoms with Crippen LogP contribution < -0.4 is 16.2 Å². The van der Waals surface area contributed by atoms with Crippen molar-refractivity contribution in [2.45, 2.75) is 38.1 Å². The molecule has 1 saturated heterocycles. The summed E-state index contributed by atoms with van der Waals surface area (Å²) < 4.78 is 1.45. The molecule has 4 amide bonds. The van der Waals surface area contributed by atoms with E-state index in [4.69, 9.17) is 0 Å². The van der Waals surface area contributed by atoms with E-state index in [-0.39, 0.29) is 11.5 Å². The predicted octanol–water partition coefficient (Wildman–Crippen LogP) is 1.55. The van der Waals surface area contributed by atoms with E-state index in [0.717, 1.165) is 17.7 Å². The zero-order valence-corrected chi connectivity index (χ0v) is 18.0. The monoisotopic (exact) mass is 449 g/mol. The first-order chi connectivity index (χ1) is 15.9. The maximum atomic E-state index is 13.0. The molecule has 1 aliphatic carbocycles. The molecule has 33 heavy (non-hydrogen) atoms. The fourth-order valence-corrected chi connectivity index (χ4v) is 4.54. The summed E-state index contributed by atoms with van der Waals surface area (Å²) in [5.74, 6) is -0.351. The number of H-pyrrole nitrogens is 1. The normalized spacial score (nSPS) is 22.7. The van der Waals surface area contributed by atoms with Gasteiger partial charge in [-0.1, -0.05) is 19.1 Å². The summed E-state index contributed by atoms with van der Waals surface area (Å²) in [6.45, 7) is 1.74. The van der Waals surface area contributed by atoms with E-state index in [1.165, 1.54) is 17.2 Å². The number of anilines is 1. The number of hydrogen-bond acceptors (Lipinski definition) is 6. The van der Waals surface area contributed by atoms with Crippen molar-refractivity contribution in [1.29, 1.82) is 0 Å². The molecule has 0 radical (unpaired) electrons. The first-order valence-corrected chi connectivity index (χ1v) is 10.8. The molecule has 2 fully saturated rings. The Labute approximate surface area is 188 Å². The number of imide groups is 1. The van der Waals surface area contributed by atoms with E-state index in [0.29, 0.717) is 41.2 Å². The predicted molar refractivity (Wildman–Crippen MR) is 119 cm³/mol. The van der Waals surface area contributed by atoms with Crippen LogP contribution in [0.3, 0.4) is 0 Å². The lowest BCUT2D eigenvalue weighted by molar-refractivity contribution is -0.135. The van der Waals surface area contributed by atoms with Gasteiger partial charge in [0.2, 0.25) is 5.91 Å². The van der Waals surface area contributed by atoms with Crippen molar-refractivity contribution in [1.82, 2.24) is 30.0 Å². The number of urea groups is 1. The lowest BCUT2D eigenvalue weighted by Gasteiger charge is -2.33. The minimum atomic E-state index is -0.894. The van der Waals surface area contributed by atoms with Gasteiger partial charge in [0.15, 0.2) is 5.65 Å². The number of rotatable bonds is 4. The molecular formula is C22H23N7O4. The number of nitrogens with one attached hydrogen (secondary N) is 3. The number of nitrogens with zero attached hydrogens (tertiary/aromatic N) is 4. The van der Waals surface area contributed by atoms with Crippen molar-refractivity contribution >= 4 is 34.6 Å². The summed E-state index contributed by atoms with van der Waals surface area (Å²) >= 11 is 0. The van der Waals surface area contributed by atoms with Crippen LogP contribution >= 0.6 is 0 Å². The molecule has 170 valence electrons.